The third-order valence-electron chi connectivity index (χ3n) is 4.12. The molecule has 2 aromatic heterocycles. The first-order valence-corrected chi connectivity index (χ1v) is 9.67. The van der Waals surface area contributed by atoms with Crippen molar-refractivity contribution >= 4 is 17.2 Å². The number of fused-ring (bicyclic) bond motifs is 1. The number of hydrogen-bond donors (Lipinski definition) is 1. The molecule has 1 amide bonds. The number of benzene rings is 1. The van der Waals surface area contributed by atoms with Gasteiger partial charge in [0.05, 0.1) is 17.8 Å². The van der Waals surface area contributed by atoms with Crippen LogP contribution >= 0.6 is 11.3 Å². The number of carbonyl (C=O) groups is 1. The van der Waals surface area contributed by atoms with Gasteiger partial charge in [0.2, 0.25) is 5.91 Å². The van der Waals surface area contributed by atoms with Crippen molar-refractivity contribution in [2.45, 2.75) is 12.8 Å². The maximum atomic E-state index is 12.2. The lowest BCUT2D eigenvalue weighted by molar-refractivity contribution is -0.120. The largest absolute Gasteiger partial charge is 0.486 e. The molecule has 0 saturated carbocycles. The maximum absolute atomic E-state index is 12.2. The Morgan fingerprint density at radius 1 is 1.15 bits per heavy atom. The Labute approximate surface area is 161 Å². The molecule has 0 saturated heterocycles. The van der Waals surface area contributed by atoms with Crippen LogP contribution in [0.15, 0.2) is 48.0 Å². The number of rotatable bonds is 6. The van der Waals surface area contributed by atoms with Crippen molar-refractivity contribution in [1.82, 2.24) is 15.3 Å². The van der Waals surface area contributed by atoms with E-state index in [1.54, 1.807) is 6.20 Å². The number of aromatic nitrogens is 2. The van der Waals surface area contributed by atoms with E-state index in [-0.39, 0.29) is 12.3 Å². The Hall–Kier alpha value is -2.93. The minimum absolute atomic E-state index is 0.0367. The van der Waals surface area contributed by atoms with Gasteiger partial charge in [0.1, 0.15) is 18.2 Å². The fourth-order valence-electron chi connectivity index (χ4n) is 2.81. The lowest BCUT2D eigenvalue weighted by atomic mass is 10.1. The van der Waals surface area contributed by atoms with Gasteiger partial charge in [0.25, 0.3) is 0 Å². The number of hydrogen-bond acceptors (Lipinski definition) is 6. The molecule has 0 bridgehead atoms. The Bertz CT molecular complexity index is 927. The second-order valence-electron chi connectivity index (χ2n) is 6.11. The van der Waals surface area contributed by atoms with Crippen molar-refractivity contribution in [2.24, 2.45) is 0 Å². The highest BCUT2D eigenvalue weighted by molar-refractivity contribution is 7.13. The zero-order chi connectivity index (χ0) is 18.5. The van der Waals surface area contributed by atoms with Gasteiger partial charge in [-0.05, 0) is 36.2 Å². The number of ether oxygens (including phenoxy) is 2. The molecule has 1 aromatic carbocycles. The molecule has 0 radical (unpaired) electrons. The summed E-state index contributed by atoms with van der Waals surface area (Å²) in [6.45, 7) is 1.72. The molecular weight excluding hydrogens is 362 g/mol. The van der Waals surface area contributed by atoms with Gasteiger partial charge in [0.15, 0.2) is 11.5 Å². The molecule has 1 aliphatic rings. The average Bonchev–Trinajstić information content (AvgIpc) is 3.17. The van der Waals surface area contributed by atoms with Gasteiger partial charge in [-0.1, -0.05) is 12.1 Å². The summed E-state index contributed by atoms with van der Waals surface area (Å²) in [5.74, 6) is 1.52. The maximum Gasteiger partial charge on any atom is 0.226 e. The summed E-state index contributed by atoms with van der Waals surface area (Å²) in [6.07, 6.45) is 2.74. The molecule has 7 heteroatoms. The molecule has 3 aromatic rings. The Morgan fingerprint density at radius 3 is 2.89 bits per heavy atom. The zero-order valence-corrected chi connectivity index (χ0v) is 15.5. The highest BCUT2D eigenvalue weighted by Crippen LogP contribution is 2.30. The lowest BCUT2D eigenvalue weighted by Gasteiger charge is -2.18. The highest BCUT2D eigenvalue weighted by atomic mass is 32.1. The zero-order valence-electron chi connectivity index (χ0n) is 14.7. The first-order valence-electron chi connectivity index (χ1n) is 8.79. The van der Waals surface area contributed by atoms with Crippen molar-refractivity contribution in [3.05, 3.63) is 59.2 Å². The van der Waals surface area contributed by atoms with Gasteiger partial charge in [-0.3, -0.25) is 9.78 Å². The Balaban J connectivity index is 1.27. The van der Waals surface area contributed by atoms with E-state index >= 15 is 0 Å². The molecule has 6 nitrogen and oxygen atoms in total. The predicted molar refractivity (Wildman–Crippen MR) is 103 cm³/mol. The summed E-state index contributed by atoms with van der Waals surface area (Å²) >= 11 is 1.50. The molecule has 4 rings (SSSR count). The molecule has 27 heavy (non-hydrogen) atoms. The van der Waals surface area contributed by atoms with Crippen LogP contribution in [0.25, 0.3) is 10.7 Å². The van der Waals surface area contributed by atoms with E-state index in [2.05, 4.69) is 15.3 Å². The fraction of sp³-hybridized carbons (Fsp3) is 0.250. The van der Waals surface area contributed by atoms with Gasteiger partial charge < -0.3 is 14.8 Å². The minimum Gasteiger partial charge on any atom is -0.486 e. The monoisotopic (exact) mass is 381 g/mol. The molecule has 0 atom stereocenters. The summed E-state index contributed by atoms with van der Waals surface area (Å²) in [5.41, 5.74) is 2.69. The normalized spacial score (nSPS) is 12.6. The molecule has 0 aliphatic carbocycles. The second-order valence-corrected chi connectivity index (χ2v) is 6.97. The van der Waals surface area contributed by atoms with E-state index in [0.717, 1.165) is 39.9 Å². The molecule has 1 N–H and O–H groups in total. The summed E-state index contributed by atoms with van der Waals surface area (Å²) < 4.78 is 11.1. The van der Waals surface area contributed by atoms with Crippen LogP contribution in [0.4, 0.5) is 0 Å². The quantitative estimate of drug-likeness (QED) is 0.711. The minimum atomic E-state index is -0.0367. The summed E-state index contributed by atoms with van der Waals surface area (Å²) in [5, 5.41) is 5.68. The van der Waals surface area contributed by atoms with Gasteiger partial charge in [-0.15, -0.1) is 11.3 Å². The first kappa shape index (κ1) is 17.5. The number of pyridine rings is 1. The van der Waals surface area contributed by atoms with Crippen molar-refractivity contribution in [2.75, 3.05) is 19.8 Å². The Morgan fingerprint density at radius 2 is 2.04 bits per heavy atom. The molecule has 0 spiro atoms. The molecule has 1 aliphatic heterocycles. The predicted octanol–water partition coefficient (Wildman–Crippen LogP) is 2.88. The van der Waals surface area contributed by atoms with Crippen LogP contribution < -0.4 is 14.8 Å². The highest BCUT2D eigenvalue weighted by Gasteiger charge is 2.12. The third-order valence-corrected chi connectivity index (χ3v) is 5.03. The summed E-state index contributed by atoms with van der Waals surface area (Å²) in [6, 6.07) is 11.6. The van der Waals surface area contributed by atoms with Crippen molar-refractivity contribution in [3.8, 4) is 22.2 Å². The number of carbonyl (C=O) groups excluding carboxylic acids is 1. The van der Waals surface area contributed by atoms with E-state index < -0.39 is 0 Å². The smallest absolute Gasteiger partial charge is 0.226 e. The topological polar surface area (TPSA) is 73.3 Å². The lowest BCUT2D eigenvalue weighted by Crippen LogP contribution is -2.27. The molecule has 0 fully saturated rings. The van der Waals surface area contributed by atoms with Gasteiger partial charge >= 0.3 is 0 Å². The van der Waals surface area contributed by atoms with Crippen LogP contribution in [0, 0.1) is 0 Å². The van der Waals surface area contributed by atoms with Crippen LogP contribution in [-0.4, -0.2) is 35.6 Å². The molecule has 3 heterocycles. The second kappa shape index (κ2) is 8.18. The van der Waals surface area contributed by atoms with Gasteiger partial charge in [-0.2, -0.15) is 0 Å². The molecule has 138 valence electrons. The standard InChI is InChI=1S/C20H19N3O3S/c24-19(12-15-13-27-20(23-15)16-3-1-2-7-21-16)22-8-6-14-4-5-17-18(11-14)26-10-9-25-17/h1-5,7,11,13H,6,8-10,12H2,(H,22,24). The van der Waals surface area contributed by atoms with Crippen LogP contribution in [0.2, 0.25) is 0 Å². The Kier molecular flexibility index (Phi) is 5.29. The van der Waals surface area contributed by atoms with Crippen molar-refractivity contribution in [3.63, 3.8) is 0 Å². The average molecular weight is 381 g/mol. The fourth-order valence-corrected chi connectivity index (χ4v) is 3.61. The van der Waals surface area contributed by atoms with Crippen LogP contribution in [0.5, 0.6) is 11.5 Å². The number of thiazole rings is 1. The van der Waals surface area contributed by atoms with Gasteiger partial charge in [-0.25, -0.2) is 4.98 Å². The molecular formula is C20H19N3O3S. The summed E-state index contributed by atoms with van der Waals surface area (Å²) in [7, 11) is 0. The number of amides is 1. The first-order chi connectivity index (χ1) is 13.3. The van der Waals surface area contributed by atoms with Crippen LogP contribution in [0.3, 0.4) is 0 Å². The molecule has 0 unspecified atom stereocenters. The van der Waals surface area contributed by atoms with Crippen LogP contribution in [0.1, 0.15) is 11.3 Å². The van der Waals surface area contributed by atoms with Gasteiger partial charge in [0, 0.05) is 18.1 Å². The van der Waals surface area contributed by atoms with Crippen molar-refractivity contribution < 1.29 is 14.3 Å². The van der Waals surface area contributed by atoms with E-state index in [4.69, 9.17) is 9.47 Å². The van der Waals surface area contributed by atoms with E-state index in [1.807, 2.05) is 41.8 Å². The SMILES string of the molecule is O=C(Cc1csc(-c2ccccn2)n1)NCCc1ccc2c(c1)OCCO2. The third kappa shape index (κ3) is 4.43. The van der Waals surface area contributed by atoms with Crippen molar-refractivity contribution in [1.29, 1.82) is 0 Å². The van der Waals surface area contributed by atoms with E-state index in [0.29, 0.717) is 19.8 Å². The number of nitrogens with one attached hydrogen (secondary N) is 1. The number of nitrogens with zero attached hydrogens (tertiary/aromatic N) is 2. The summed E-state index contributed by atoms with van der Waals surface area (Å²) in [4.78, 5) is 21.0. The van der Waals surface area contributed by atoms with Crippen LogP contribution in [-0.2, 0) is 17.6 Å². The van der Waals surface area contributed by atoms with E-state index in [1.165, 1.54) is 11.3 Å². The van der Waals surface area contributed by atoms with E-state index in [9.17, 15) is 4.79 Å².